The number of nitrogens with zero attached hydrogens (tertiary/aromatic N) is 5. The van der Waals surface area contributed by atoms with Crippen molar-refractivity contribution in [1.82, 2.24) is 24.6 Å². The Balaban J connectivity index is 1.80. The molecule has 0 aliphatic heterocycles. The maximum absolute atomic E-state index is 13.5. The van der Waals surface area contributed by atoms with Gasteiger partial charge < -0.3 is 4.90 Å². The molecule has 3 aromatic rings. The molecule has 0 saturated heterocycles. The van der Waals surface area contributed by atoms with E-state index in [1.807, 2.05) is 49.5 Å². The van der Waals surface area contributed by atoms with Crippen LogP contribution in [0.4, 0.5) is 4.39 Å². The third kappa shape index (κ3) is 5.85. The van der Waals surface area contributed by atoms with Crippen LogP contribution in [0.2, 0.25) is 4.34 Å². The zero-order valence-corrected chi connectivity index (χ0v) is 20.3. The Morgan fingerprint density at radius 1 is 1.23 bits per heavy atom. The van der Waals surface area contributed by atoms with Crippen LogP contribution in [0.15, 0.2) is 41.6 Å². The van der Waals surface area contributed by atoms with E-state index in [-0.39, 0.29) is 23.5 Å². The molecule has 31 heavy (non-hydrogen) atoms. The lowest BCUT2D eigenvalue weighted by atomic mass is 10.2. The van der Waals surface area contributed by atoms with E-state index in [0.29, 0.717) is 22.6 Å². The van der Waals surface area contributed by atoms with E-state index < -0.39 is 0 Å². The van der Waals surface area contributed by atoms with E-state index in [2.05, 4.69) is 10.2 Å². The second-order valence-corrected chi connectivity index (χ2v) is 9.94. The van der Waals surface area contributed by atoms with Gasteiger partial charge >= 0.3 is 0 Å². The Morgan fingerprint density at radius 3 is 2.52 bits per heavy atom. The van der Waals surface area contributed by atoms with Crippen molar-refractivity contribution < 1.29 is 9.18 Å². The van der Waals surface area contributed by atoms with Gasteiger partial charge in [-0.1, -0.05) is 23.4 Å². The summed E-state index contributed by atoms with van der Waals surface area (Å²) in [5, 5.41) is 9.30. The van der Waals surface area contributed by atoms with Gasteiger partial charge in [-0.15, -0.1) is 21.5 Å². The number of carbonyl (C=O) groups excluding carboxylic acids is 1. The van der Waals surface area contributed by atoms with Gasteiger partial charge in [0.2, 0.25) is 5.91 Å². The van der Waals surface area contributed by atoms with E-state index >= 15 is 0 Å². The minimum absolute atomic E-state index is 0.00730. The molecule has 1 unspecified atom stereocenters. The standard InChI is InChI=1S/C21H25ClFN5OS2/c1-5-27(12-17-10-11-18(22)31-17)19(29)13-30-21-25-24-20(14(2)26(3)4)28(21)16-8-6-15(23)7-9-16/h6-11,14H,5,12-13H2,1-4H3. The number of thioether (sulfide) groups is 1. The molecule has 0 N–H and O–H groups in total. The molecule has 10 heteroatoms. The molecule has 1 aromatic carbocycles. The summed E-state index contributed by atoms with van der Waals surface area (Å²) in [6.07, 6.45) is 0. The highest BCUT2D eigenvalue weighted by atomic mass is 35.5. The summed E-state index contributed by atoms with van der Waals surface area (Å²) in [6.45, 7) is 5.10. The molecule has 2 aromatic heterocycles. The fourth-order valence-electron chi connectivity index (χ4n) is 2.93. The molecule has 1 atom stereocenters. The van der Waals surface area contributed by atoms with Crippen molar-refractivity contribution in [2.75, 3.05) is 26.4 Å². The summed E-state index contributed by atoms with van der Waals surface area (Å²) < 4.78 is 16.1. The predicted molar refractivity (Wildman–Crippen MR) is 125 cm³/mol. The second-order valence-electron chi connectivity index (χ2n) is 7.19. The molecule has 0 aliphatic rings. The average Bonchev–Trinajstić information content (AvgIpc) is 3.36. The smallest absolute Gasteiger partial charge is 0.233 e. The van der Waals surface area contributed by atoms with Gasteiger partial charge in [0.05, 0.1) is 22.7 Å². The molecule has 0 bridgehead atoms. The third-order valence-corrected chi connectivity index (χ3v) is 7.06. The summed E-state index contributed by atoms with van der Waals surface area (Å²) in [5.74, 6) is 0.651. The highest BCUT2D eigenvalue weighted by Crippen LogP contribution is 2.28. The summed E-state index contributed by atoms with van der Waals surface area (Å²) in [5.41, 5.74) is 0.755. The van der Waals surface area contributed by atoms with Crippen LogP contribution < -0.4 is 0 Å². The van der Waals surface area contributed by atoms with E-state index in [1.165, 1.54) is 35.2 Å². The van der Waals surface area contributed by atoms with Crippen LogP contribution in [0.3, 0.4) is 0 Å². The van der Waals surface area contributed by atoms with Crippen LogP contribution in [0, 0.1) is 5.82 Å². The molecular weight excluding hydrogens is 457 g/mol. The Labute approximate surface area is 195 Å². The Kier molecular flexibility index (Phi) is 8.10. The topological polar surface area (TPSA) is 54.3 Å². The van der Waals surface area contributed by atoms with Crippen molar-refractivity contribution in [3.8, 4) is 5.69 Å². The van der Waals surface area contributed by atoms with Gasteiger partial charge in [0.15, 0.2) is 11.0 Å². The summed E-state index contributed by atoms with van der Waals surface area (Å²) in [4.78, 5) is 17.7. The van der Waals surface area contributed by atoms with Gasteiger partial charge in [-0.2, -0.15) is 0 Å². The SMILES string of the molecule is CCN(Cc1ccc(Cl)s1)C(=O)CSc1nnc(C(C)N(C)C)n1-c1ccc(F)cc1. The van der Waals surface area contributed by atoms with Gasteiger partial charge in [0.25, 0.3) is 0 Å². The highest BCUT2D eigenvalue weighted by Gasteiger charge is 2.22. The number of aromatic nitrogens is 3. The van der Waals surface area contributed by atoms with Crippen molar-refractivity contribution in [3.05, 3.63) is 57.3 Å². The van der Waals surface area contributed by atoms with E-state index in [4.69, 9.17) is 11.6 Å². The lowest BCUT2D eigenvalue weighted by molar-refractivity contribution is -0.128. The Hall–Kier alpha value is -1.94. The first-order chi connectivity index (χ1) is 14.8. The Bertz CT molecular complexity index is 1020. The predicted octanol–water partition coefficient (Wildman–Crippen LogP) is 4.88. The first-order valence-corrected chi connectivity index (χ1v) is 12.0. The van der Waals surface area contributed by atoms with E-state index in [0.717, 1.165) is 16.4 Å². The maximum Gasteiger partial charge on any atom is 0.233 e. The number of rotatable bonds is 9. The van der Waals surface area contributed by atoms with Gasteiger partial charge in [-0.05, 0) is 64.3 Å². The van der Waals surface area contributed by atoms with Crippen molar-refractivity contribution in [1.29, 1.82) is 0 Å². The molecule has 0 fully saturated rings. The molecule has 0 spiro atoms. The summed E-state index contributed by atoms with van der Waals surface area (Å²) in [7, 11) is 3.92. The van der Waals surface area contributed by atoms with Gasteiger partial charge in [0.1, 0.15) is 5.82 Å². The zero-order chi connectivity index (χ0) is 22.5. The van der Waals surface area contributed by atoms with Crippen molar-refractivity contribution in [2.24, 2.45) is 0 Å². The van der Waals surface area contributed by atoms with Gasteiger partial charge in [-0.25, -0.2) is 4.39 Å². The van der Waals surface area contributed by atoms with Crippen LogP contribution in [-0.2, 0) is 11.3 Å². The third-order valence-electron chi connectivity index (χ3n) is 4.93. The minimum Gasteiger partial charge on any atom is -0.337 e. The normalized spacial score (nSPS) is 12.4. The zero-order valence-electron chi connectivity index (χ0n) is 17.9. The number of hydrogen-bond donors (Lipinski definition) is 0. The van der Waals surface area contributed by atoms with Crippen LogP contribution >= 0.6 is 34.7 Å². The van der Waals surface area contributed by atoms with Gasteiger partial charge in [-0.3, -0.25) is 14.3 Å². The van der Waals surface area contributed by atoms with E-state index in [1.54, 1.807) is 17.0 Å². The first-order valence-electron chi connectivity index (χ1n) is 9.82. The molecule has 0 aliphatic carbocycles. The minimum atomic E-state index is -0.310. The van der Waals surface area contributed by atoms with Crippen molar-refractivity contribution in [2.45, 2.75) is 31.6 Å². The fourth-order valence-corrected chi connectivity index (χ4v) is 4.89. The lowest BCUT2D eigenvalue weighted by Crippen LogP contribution is -2.31. The van der Waals surface area contributed by atoms with Crippen molar-refractivity contribution >= 4 is 40.6 Å². The van der Waals surface area contributed by atoms with Crippen LogP contribution in [0.25, 0.3) is 5.69 Å². The number of amides is 1. The largest absolute Gasteiger partial charge is 0.337 e. The van der Waals surface area contributed by atoms with Crippen molar-refractivity contribution in [3.63, 3.8) is 0 Å². The molecule has 0 radical (unpaired) electrons. The fraction of sp³-hybridized carbons (Fsp3) is 0.381. The maximum atomic E-state index is 13.5. The molecular formula is C21H25ClFN5OS2. The van der Waals surface area contributed by atoms with Crippen LogP contribution in [-0.4, -0.2) is 56.9 Å². The number of benzene rings is 1. The molecule has 6 nitrogen and oxygen atoms in total. The molecule has 3 rings (SSSR count). The quantitative estimate of drug-likeness (QED) is 0.407. The number of thiophene rings is 1. The first kappa shape index (κ1) is 23.7. The van der Waals surface area contributed by atoms with E-state index in [9.17, 15) is 9.18 Å². The number of carbonyl (C=O) groups is 1. The summed E-state index contributed by atoms with van der Waals surface area (Å²) >= 11 is 8.81. The van der Waals surface area contributed by atoms with Crippen LogP contribution in [0.1, 0.15) is 30.6 Å². The highest BCUT2D eigenvalue weighted by molar-refractivity contribution is 7.99. The molecule has 1 amide bonds. The average molecular weight is 482 g/mol. The number of halogens is 2. The Morgan fingerprint density at radius 2 is 1.94 bits per heavy atom. The monoisotopic (exact) mass is 481 g/mol. The molecule has 2 heterocycles. The van der Waals surface area contributed by atoms with Crippen LogP contribution in [0.5, 0.6) is 0 Å². The number of hydrogen-bond acceptors (Lipinski definition) is 6. The lowest BCUT2D eigenvalue weighted by Gasteiger charge is -2.21. The summed E-state index contributed by atoms with van der Waals surface area (Å²) in [6, 6.07) is 9.96. The second kappa shape index (κ2) is 10.6. The van der Waals surface area contributed by atoms with Gasteiger partial charge in [0, 0.05) is 17.1 Å². The molecule has 166 valence electrons. The molecule has 0 saturated carbocycles.